The lowest BCUT2D eigenvalue weighted by Gasteiger charge is -2.27. The molecule has 6 heteroatoms. The van der Waals surface area contributed by atoms with E-state index >= 15 is 0 Å². The van der Waals surface area contributed by atoms with Crippen molar-refractivity contribution in [2.24, 2.45) is 0 Å². The van der Waals surface area contributed by atoms with E-state index in [1.54, 1.807) is 6.07 Å². The molecule has 0 radical (unpaired) electrons. The number of halogens is 1. The third kappa shape index (κ3) is 4.41. The summed E-state index contributed by atoms with van der Waals surface area (Å²) in [5.41, 5.74) is 0.782. The van der Waals surface area contributed by atoms with Crippen molar-refractivity contribution in [3.8, 4) is 0 Å². The lowest BCUT2D eigenvalue weighted by Crippen LogP contribution is -2.43. The number of esters is 1. The van der Waals surface area contributed by atoms with E-state index in [9.17, 15) is 9.18 Å². The highest BCUT2D eigenvalue weighted by Crippen LogP contribution is 2.20. The summed E-state index contributed by atoms with van der Waals surface area (Å²) in [5, 5.41) is 6.61. The number of nitrogens with one attached hydrogen (secondary N) is 2. The van der Waals surface area contributed by atoms with Crippen molar-refractivity contribution >= 4 is 11.7 Å². The zero-order valence-corrected chi connectivity index (χ0v) is 12.3. The van der Waals surface area contributed by atoms with Crippen LogP contribution in [0.2, 0.25) is 0 Å². The highest BCUT2D eigenvalue weighted by molar-refractivity contribution is 5.95. The summed E-state index contributed by atoms with van der Waals surface area (Å²) in [5.74, 6) is -1.01. The van der Waals surface area contributed by atoms with Gasteiger partial charge in [0, 0.05) is 24.3 Å². The molecule has 0 aliphatic carbocycles. The van der Waals surface area contributed by atoms with Crippen LogP contribution in [0.15, 0.2) is 18.2 Å². The van der Waals surface area contributed by atoms with E-state index in [1.807, 2.05) is 6.92 Å². The van der Waals surface area contributed by atoms with Crippen molar-refractivity contribution in [1.29, 1.82) is 0 Å². The van der Waals surface area contributed by atoms with Crippen molar-refractivity contribution in [1.82, 2.24) is 5.32 Å². The van der Waals surface area contributed by atoms with Crippen molar-refractivity contribution in [3.05, 3.63) is 29.6 Å². The fourth-order valence-electron chi connectivity index (χ4n) is 2.44. The van der Waals surface area contributed by atoms with Crippen LogP contribution in [-0.4, -0.2) is 44.9 Å². The molecule has 1 aromatic carbocycles. The highest BCUT2D eigenvalue weighted by atomic mass is 19.1. The molecule has 1 aliphatic heterocycles. The van der Waals surface area contributed by atoms with E-state index in [1.165, 1.54) is 19.2 Å². The number of carbonyl (C=O) groups excluding carboxylic acids is 1. The predicted octanol–water partition coefficient (Wildman–Crippen LogP) is 1.79. The van der Waals surface area contributed by atoms with Gasteiger partial charge in [-0.2, -0.15) is 0 Å². The topological polar surface area (TPSA) is 59.6 Å². The van der Waals surface area contributed by atoms with Crippen LogP contribution >= 0.6 is 0 Å². The number of carbonyl (C=O) groups is 1. The zero-order chi connectivity index (χ0) is 15.2. The number of hydrogen-bond donors (Lipinski definition) is 2. The minimum absolute atomic E-state index is 0.109. The molecule has 0 aromatic heterocycles. The van der Waals surface area contributed by atoms with Crippen LogP contribution in [0.4, 0.5) is 10.1 Å². The highest BCUT2D eigenvalue weighted by Gasteiger charge is 2.19. The molecule has 0 bridgehead atoms. The molecule has 1 aliphatic rings. The molecule has 2 N–H and O–H groups in total. The van der Waals surface area contributed by atoms with Crippen LogP contribution in [0.25, 0.3) is 0 Å². The Labute approximate surface area is 123 Å². The average molecular weight is 296 g/mol. The fourth-order valence-corrected chi connectivity index (χ4v) is 2.44. The zero-order valence-electron chi connectivity index (χ0n) is 12.3. The van der Waals surface area contributed by atoms with E-state index in [-0.39, 0.29) is 17.6 Å². The second-order valence-electron chi connectivity index (χ2n) is 5.19. The SMILES string of the molecule is COC(=O)c1cc(F)ccc1NC(C)CC1COCCN1. The minimum atomic E-state index is -0.552. The lowest BCUT2D eigenvalue weighted by molar-refractivity contribution is 0.0601. The number of ether oxygens (including phenoxy) is 2. The second-order valence-corrected chi connectivity index (χ2v) is 5.19. The number of methoxy groups -OCH3 is 1. The monoisotopic (exact) mass is 296 g/mol. The molecular weight excluding hydrogens is 275 g/mol. The minimum Gasteiger partial charge on any atom is -0.465 e. The van der Waals surface area contributed by atoms with Crippen molar-refractivity contribution < 1.29 is 18.7 Å². The first-order chi connectivity index (χ1) is 10.1. The van der Waals surface area contributed by atoms with E-state index in [2.05, 4.69) is 15.4 Å². The van der Waals surface area contributed by atoms with Crippen LogP contribution in [-0.2, 0) is 9.47 Å². The van der Waals surface area contributed by atoms with Crippen molar-refractivity contribution in [3.63, 3.8) is 0 Å². The standard InChI is InChI=1S/C15H21FN2O3/c1-10(7-12-9-21-6-5-17-12)18-14-4-3-11(16)8-13(14)15(19)20-2/h3-4,8,10,12,17-18H,5-7,9H2,1-2H3. The average Bonchev–Trinajstić information content (AvgIpc) is 2.49. The third-order valence-electron chi connectivity index (χ3n) is 3.43. The molecule has 1 heterocycles. The summed E-state index contributed by atoms with van der Waals surface area (Å²) in [6.45, 7) is 4.28. The number of morpholine rings is 1. The van der Waals surface area contributed by atoms with Gasteiger partial charge in [-0.1, -0.05) is 0 Å². The van der Waals surface area contributed by atoms with E-state index < -0.39 is 11.8 Å². The van der Waals surface area contributed by atoms with Gasteiger partial charge in [0.05, 0.1) is 25.9 Å². The summed E-state index contributed by atoms with van der Waals surface area (Å²) in [4.78, 5) is 11.7. The Morgan fingerprint density at radius 1 is 1.62 bits per heavy atom. The maximum Gasteiger partial charge on any atom is 0.340 e. The third-order valence-corrected chi connectivity index (χ3v) is 3.43. The van der Waals surface area contributed by atoms with E-state index in [0.717, 1.165) is 19.6 Å². The van der Waals surface area contributed by atoms with Gasteiger partial charge in [0.15, 0.2) is 0 Å². The number of benzene rings is 1. The quantitative estimate of drug-likeness (QED) is 0.811. The molecule has 5 nitrogen and oxygen atoms in total. The second kappa shape index (κ2) is 7.38. The normalized spacial score (nSPS) is 19.9. The first kappa shape index (κ1) is 15.7. The number of hydrogen-bond acceptors (Lipinski definition) is 5. The Morgan fingerprint density at radius 2 is 2.43 bits per heavy atom. The Kier molecular flexibility index (Phi) is 5.52. The van der Waals surface area contributed by atoms with Gasteiger partial charge in [-0.05, 0) is 31.5 Å². The summed E-state index contributed by atoms with van der Waals surface area (Å²) in [6, 6.07) is 4.45. The summed E-state index contributed by atoms with van der Waals surface area (Å²) in [6.07, 6.45) is 0.845. The van der Waals surface area contributed by atoms with E-state index in [4.69, 9.17) is 4.74 Å². The Hall–Kier alpha value is -1.66. The van der Waals surface area contributed by atoms with Gasteiger partial charge in [-0.15, -0.1) is 0 Å². The van der Waals surface area contributed by atoms with Crippen molar-refractivity contribution in [2.75, 3.05) is 32.2 Å². The van der Waals surface area contributed by atoms with Crippen LogP contribution in [0, 0.1) is 5.82 Å². The number of rotatable bonds is 5. The van der Waals surface area contributed by atoms with E-state index in [0.29, 0.717) is 12.3 Å². The molecule has 2 unspecified atom stereocenters. The fraction of sp³-hybridized carbons (Fsp3) is 0.533. The van der Waals surface area contributed by atoms with Gasteiger partial charge in [-0.3, -0.25) is 0 Å². The maximum absolute atomic E-state index is 13.3. The Morgan fingerprint density at radius 3 is 3.10 bits per heavy atom. The van der Waals surface area contributed by atoms with Crippen LogP contribution in [0.5, 0.6) is 0 Å². The number of anilines is 1. The molecule has 1 saturated heterocycles. The van der Waals surface area contributed by atoms with Gasteiger partial charge in [0.1, 0.15) is 5.82 Å². The first-order valence-corrected chi connectivity index (χ1v) is 7.05. The molecule has 1 aromatic rings. The van der Waals surface area contributed by atoms with Crippen molar-refractivity contribution in [2.45, 2.75) is 25.4 Å². The van der Waals surface area contributed by atoms with Gasteiger partial charge in [0.2, 0.25) is 0 Å². The summed E-state index contributed by atoms with van der Waals surface area (Å²) >= 11 is 0. The molecule has 116 valence electrons. The predicted molar refractivity (Wildman–Crippen MR) is 78.1 cm³/mol. The smallest absolute Gasteiger partial charge is 0.340 e. The lowest BCUT2D eigenvalue weighted by atomic mass is 10.1. The first-order valence-electron chi connectivity index (χ1n) is 7.05. The molecule has 2 atom stereocenters. The van der Waals surface area contributed by atoms with Crippen LogP contribution in [0.1, 0.15) is 23.7 Å². The van der Waals surface area contributed by atoms with Gasteiger partial charge >= 0.3 is 5.97 Å². The van der Waals surface area contributed by atoms with Crippen LogP contribution < -0.4 is 10.6 Å². The molecule has 0 spiro atoms. The summed E-state index contributed by atoms with van der Waals surface area (Å²) in [7, 11) is 1.28. The van der Waals surface area contributed by atoms with Gasteiger partial charge < -0.3 is 20.1 Å². The molecule has 0 amide bonds. The largest absolute Gasteiger partial charge is 0.465 e. The Bertz CT molecular complexity index is 490. The summed E-state index contributed by atoms with van der Waals surface area (Å²) < 4.78 is 23.4. The molecule has 1 fully saturated rings. The molecule has 21 heavy (non-hydrogen) atoms. The molecule has 0 saturated carbocycles. The Balaban J connectivity index is 2.02. The van der Waals surface area contributed by atoms with Gasteiger partial charge in [0.25, 0.3) is 0 Å². The van der Waals surface area contributed by atoms with Crippen LogP contribution in [0.3, 0.4) is 0 Å². The molecular formula is C15H21FN2O3. The maximum atomic E-state index is 13.3. The molecule has 2 rings (SSSR count). The van der Waals surface area contributed by atoms with Gasteiger partial charge in [-0.25, -0.2) is 9.18 Å².